The highest BCUT2D eigenvalue weighted by molar-refractivity contribution is 9.10. The van der Waals surface area contributed by atoms with Crippen molar-refractivity contribution in [2.24, 2.45) is 5.92 Å². The Morgan fingerprint density at radius 1 is 1.33 bits per heavy atom. The van der Waals surface area contributed by atoms with E-state index in [1.54, 1.807) is 24.0 Å². The second-order valence-electron chi connectivity index (χ2n) is 5.21. The summed E-state index contributed by atoms with van der Waals surface area (Å²) in [5.74, 6) is 0.00546. The Bertz CT molecular complexity index is 488. The average molecular weight is 356 g/mol. The van der Waals surface area contributed by atoms with Crippen LogP contribution in [-0.4, -0.2) is 36.5 Å². The van der Waals surface area contributed by atoms with Crippen molar-refractivity contribution in [3.63, 3.8) is 0 Å². The smallest absolute Gasteiger partial charge is 0.307 e. The van der Waals surface area contributed by atoms with Crippen LogP contribution in [0.2, 0.25) is 0 Å². The molecular weight excluding hydrogens is 334 g/mol. The largest absolute Gasteiger partial charge is 0.466 e. The minimum absolute atomic E-state index is 0.0608. The summed E-state index contributed by atoms with van der Waals surface area (Å²) in [4.78, 5) is 25.7. The number of carbonyl (C=O) groups excluding carboxylic acids is 2. The van der Waals surface area contributed by atoms with Crippen molar-refractivity contribution in [1.29, 1.82) is 0 Å². The van der Waals surface area contributed by atoms with E-state index in [0.29, 0.717) is 31.2 Å². The summed E-state index contributed by atoms with van der Waals surface area (Å²) in [5.41, 5.74) is 0.619. The number of rotatable bonds is 7. The van der Waals surface area contributed by atoms with Gasteiger partial charge in [0.15, 0.2) is 0 Å². The van der Waals surface area contributed by atoms with E-state index in [9.17, 15) is 9.59 Å². The van der Waals surface area contributed by atoms with E-state index in [-0.39, 0.29) is 18.3 Å². The van der Waals surface area contributed by atoms with Crippen molar-refractivity contribution >= 4 is 27.8 Å². The van der Waals surface area contributed by atoms with Gasteiger partial charge < -0.3 is 9.64 Å². The summed E-state index contributed by atoms with van der Waals surface area (Å²) in [7, 11) is 0. The van der Waals surface area contributed by atoms with Gasteiger partial charge in [-0.25, -0.2) is 0 Å². The lowest BCUT2D eigenvalue weighted by Gasteiger charge is -2.24. The zero-order valence-electron chi connectivity index (χ0n) is 12.8. The van der Waals surface area contributed by atoms with Crippen LogP contribution in [-0.2, 0) is 9.53 Å². The Balaban J connectivity index is 2.76. The van der Waals surface area contributed by atoms with Crippen molar-refractivity contribution in [1.82, 2.24) is 4.90 Å². The Labute approximate surface area is 134 Å². The molecule has 116 valence electrons. The number of esters is 1. The van der Waals surface area contributed by atoms with Gasteiger partial charge in [0.1, 0.15) is 0 Å². The molecule has 0 bridgehead atoms. The fourth-order valence-electron chi connectivity index (χ4n) is 1.98. The summed E-state index contributed by atoms with van der Waals surface area (Å²) in [6, 6.07) is 7.28. The van der Waals surface area contributed by atoms with Crippen LogP contribution >= 0.6 is 15.9 Å². The fraction of sp³-hybridized carbons (Fsp3) is 0.500. The van der Waals surface area contributed by atoms with E-state index in [4.69, 9.17) is 4.74 Å². The van der Waals surface area contributed by atoms with E-state index >= 15 is 0 Å². The summed E-state index contributed by atoms with van der Waals surface area (Å²) in [6.07, 6.45) is 0.223. The minimum atomic E-state index is -0.270. The monoisotopic (exact) mass is 355 g/mol. The van der Waals surface area contributed by atoms with E-state index < -0.39 is 0 Å². The fourth-order valence-corrected chi connectivity index (χ4v) is 2.38. The lowest BCUT2D eigenvalue weighted by atomic mass is 10.1. The first kappa shape index (κ1) is 17.7. The average Bonchev–Trinajstić information content (AvgIpc) is 2.42. The summed E-state index contributed by atoms with van der Waals surface area (Å²) in [5, 5.41) is 0. The van der Waals surface area contributed by atoms with Crippen LogP contribution in [0.4, 0.5) is 0 Å². The van der Waals surface area contributed by atoms with Crippen LogP contribution in [0.25, 0.3) is 0 Å². The molecule has 0 atom stereocenters. The third-order valence-electron chi connectivity index (χ3n) is 2.84. The number of carbonyl (C=O) groups is 2. The topological polar surface area (TPSA) is 46.6 Å². The highest BCUT2D eigenvalue weighted by Crippen LogP contribution is 2.14. The summed E-state index contributed by atoms with van der Waals surface area (Å²) < 4.78 is 5.78. The molecule has 0 aliphatic carbocycles. The normalized spacial score (nSPS) is 10.5. The van der Waals surface area contributed by atoms with Crippen molar-refractivity contribution in [3.8, 4) is 0 Å². The Kier molecular flexibility index (Phi) is 7.43. The van der Waals surface area contributed by atoms with Crippen LogP contribution in [0.1, 0.15) is 37.6 Å². The van der Waals surface area contributed by atoms with E-state index in [1.807, 2.05) is 26.0 Å². The molecule has 0 unspecified atom stereocenters. The molecule has 1 amide bonds. The van der Waals surface area contributed by atoms with E-state index in [0.717, 1.165) is 4.47 Å². The molecule has 1 rings (SSSR count). The second-order valence-corrected chi connectivity index (χ2v) is 6.13. The quantitative estimate of drug-likeness (QED) is 0.703. The molecule has 0 heterocycles. The molecule has 0 aliphatic heterocycles. The summed E-state index contributed by atoms with van der Waals surface area (Å²) >= 11 is 3.37. The van der Waals surface area contributed by atoms with Gasteiger partial charge in [-0.15, -0.1) is 0 Å². The van der Waals surface area contributed by atoms with Crippen molar-refractivity contribution in [3.05, 3.63) is 34.3 Å². The van der Waals surface area contributed by atoms with Crippen LogP contribution in [0.15, 0.2) is 28.7 Å². The molecule has 0 saturated carbocycles. The van der Waals surface area contributed by atoms with Crippen LogP contribution in [0, 0.1) is 5.92 Å². The molecule has 0 aromatic heterocycles. The lowest BCUT2D eigenvalue weighted by molar-refractivity contribution is -0.143. The van der Waals surface area contributed by atoms with Gasteiger partial charge in [-0.1, -0.05) is 35.8 Å². The van der Waals surface area contributed by atoms with Gasteiger partial charge >= 0.3 is 5.97 Å². The number of hydrogen-bond donors (Lipinski definition) is 0. The summed E-state index contributed by atoms with van der Waals surface area (Å²) in [6.45, 7) is 7.23. The molecule has 0 spiro atoms. The predicted molar refractivity (Wildman–Crippen MR) is 86.1 cm³/mol. The van der Waals surface area contributed by atoms with Gasteiger partial charge in [0.25, 0.3) is 5.91 Å². The Morgan fingerprint density at radius 3 is 2.62 bits per heavy atom. The third kappa shape index (κ3) is 6.29. The van der Waals surface area contributed by atoms with Crippen molar-refractivity contribution < 1.29 is 14.3 Å². The first-order chi connectivity index (χ1) is 9.93. The predicted octanol–water partition coefficient (Wildman–Crippen LogP) is 3.50. The molecule has 1 aromatic carbocycles. The van der Waals surface area contributed by atoms with Gasteiger partial charge in [-0.3, -0.25) is 9.59 Å². The number of amides is 1. The molecule has 5 heteroatoms. The van der Waals surface area contributed by atoms with Gasteiger partial charge in [-0.2, -0.15) is 0 Å². The van der Waals surface area contributed by atoms with Crippen LogP contribution < -0.4 is 0 Å². The zero-order chi connectivity index (χ0) is 15.8. The SMILES string of the molecule is CCOC(=O)CCN(CC(C)C)C(=O)c1cccc(Br)c1. The number of nitrogens with zero attached hydrogens (tertiary/aromatic N) is 1. The lowest BCUT2D eigenvalue weighted by Crippen LogP contribution is -2.36. The Morgan fingerprint density at radius 2 is 2.05 bits per heavy atom. The standard InChI is InChI=1S/C16H22BrNO3/c1-4-21-15(19)8-9-18(11-12(2)3)16(20)13-6-5-7-14(17)10-13/h5-7,10,12H,4,8-9,11H2,1-3H3. The third-order valence-corrected chi connectivity index (χ3v) is 3.33. The number of halogens is 1. The van der Waals surface area contributed by atoms with Crippen LogP contribution in [0.5, 0.6) is 0 Å². The van der Waals surface area contributed by atoms with Gasteiger partial charge in [0, 0.05) is 23.1 Å². The zero-order valence-corrected chi connectivity index (χ0v) is 14.4. The van der Waals surface area contributed by atoms with Crippen molar-refractivity contribution in [2.75, 3.05) is 19.7 Å². The maximum atomic E-state index is 12.6. The Hall–Kier alpha value is -1.36. The molecule has 0 aliphatic rings. The molecule has 0 fully saturated rings. The number of ether oxygens (including phenoxy) is 1. The van der Waals surface area contributed by atoms with Gasteiger partial charge in [-0.05, 0) is 31.0 Å². The van der Waals surface area contributed by atoms with Gasteiger partial charge in [0.05, 0.1) is 13.0 Å². The highest BCUT2D eigenvalue weighted by Gasteiger charge is 2.18. The second kappa shape index (κ2) is 8.82. The molecule has 0 N–H and O–H groups in total. The molecule has 21 heavy (non-hydrogen) atoms. The first-order valence-electron chi connectivity index (χ1n) is 7.14. The molecule has 0 saturated heterocycles. The van der Waals surface area contributed by atoms with Crippen molar-refractivity contribution in [2.45, 2.75) is 27.2 Å². The minimum Gasteiger partial charge on any atom is -0.466 e. The molecule has 0 radical (unpaired) electrons. The van der Waals surface area contributed by atoms with Gasteiger partial charge in [0.2, 0.25) is 0 Å². The van der Waals surface area contributed by atoms with E-state index in [1.165, 1.54) is 0 Å². The van der Waals surface area contributed by atoms with E-state index in [2.05, 4.69) is 15.9 Å². The molecule has 1 aromatic rings. The number of benzene rings is 1. The maximum Gasteiger partial charge on any atom is 0.307 e. The maximum absolute atomic E-state index is 12.6. The van der Waals surface area contributed by atoms with Crippen LogP contribution in [0.3, 0.4) is 0 Å². The molecular formula is C16H22BrNO3. The first-order valence-corrected chi connectivity index (χ1v) is 7.93. The highest BCUT2D eigenvalue weighted by atomic mass is 79.9. The molecule has 4 nitrogen and oxygen atoms in total. The number of hydrogen-bond acceptors (Lipinski definition) is 3.